The molecule has 0 aromatic heterocycles. The molecule has 0 fully saturated rings. The molecule has 0 saturated carbocycles. The van der Waals surface area contributed by atoms with Crippen LogP contribution in [0.4, 0.5) is 0 Å². The van der Waals surface area contributed by atoms with Gasteiger partial charge in [-0.1, -0.05) is 0 Å². The molecular weight excluding hydrogens is 100 g/mol. The number of nitrogens with zero attached hydrogens (tertiary/aromatic N) is 2. The van der Waals surface area contributed by atoms with E-state index in [1.165, 1.54) is 0 Å². The zero-order valence-electron chi connectivity index (χ0n) is 4.28. The third kappa shape index (κ3) is 0.320. The number of hydrogen-bond donors (Lipinski definition) is 0. The van der Waals surface area contributed by atoms with Crippen molar-refractivity contribution < 1.29 is 4.58 Å². The molecule has 0 aromatic rings. The Bertz CT molecular complexity index is 205. The first kappa shape index (κ1) is 3.78. The summed E-state index contributed by atoms with van der Waals surface area (Å²) in [5.74, 6) is 1.02. The fourth-order valence-electron chi connectivity index (χ4n) is 0.802. The van der Waals surface area contributed by atoms with Crippen LogP contribution in [-0.2, 0) is 0 Å². The molecule has 0 bridgehead atoms. The number of fused-ring (bicyclic) bond motifs is 1. The molecule has 2 heterocycles. The van der Waals surface area contributed by atoms with E-state index >= 15 is 0 Å². The Morgan fingerprint density at radius 3 is 3.38 bits per heavy atom. The van der Waals surface area contributed by atoms with Crippen molar-refractivity contribution in [1.29, 1.82) is 0 Å². The minimum absolute atomic E-state index is 1.02. The topological polar surface area (TPSA) is 15.4 Å². The first-order valence-corrected chi connectivity index (χ1v) is 2.51. The number of allylic oxidation sites excluding steroid dienone is 1. The largest absolute Gasteiger partial charge is 0.327 e. The highest BCUT2D eigenvalue weighted by Crippen LogP contribution is 2.00. The Balaban J connectivity index is 2.59. The monoisotopic (exact) mass is 105 g/mol. The molecule has 0 aliphatic carbocycles. The Morgan fingerprint density at radius 1 is 1.50 bits per heavy atom. The van der Waals surface area contributed by atoms with Gasteiger partial charge in [0.05, 0.1) is 6.21 Å². The van der Waals surface area contributed by atoms with Crippen LogP contribution in [0.5, 0.6) is 0 Å². The summed E-state index contributed by atoms with van der Waals surface area (Å²) >= 11 is 0. The number of amidine groups is 1. The van der Waals surface area contributed by atoms with Crippen LogP contribution >= 0.6 is 0 Å². The summed E-state index contributed by atoms with van der Waals surface area (Å²) in [6.07, 6.45) is 9.63. The van der Waals surface area contributed by atoms with E-state index in [4.69, 9.17) is 0 Å². The van der Waals surface area contributed by atoms with E-state index in [1.54, 1.807) is 6.20 Å². The van der Waals surface area contributed by atoms with Crippen molar-refractivity contribution in [2.75, 3.05) is 0 Å². The van der Waals surface area contributed by atoms with Gasteiger partial charge in [-0.15, -0.1) is 0 Å². The molecule has 0 unspecified atom stereocenters. The lowest BCUT2D eigenvalue weighted by atomic mass is 10.5. The van der Waals surface area contributed by atoms with Crippen LogP contribution in [0.25, 0.3) is 0 Å². The predicted octanol–water partition coefficient (Wildman–Crippen LogP) is 0.523. The summed E-state index contributed by atoms with van der Waals surface area (Å²) in [7, 11) is 0. The van der Waals surface area contributed by atoms with E-state index in [0.717, 1.165) is 5.84 Å². The van der Waals surface area contributed by atoms with E-state index in [1.807, 2.05) is 29.1 Å². The van der Waals surface area contributed by atoms with Gasteiger partial charge in [0.15, 0.2) is 6.20 Å². The van der Waals surface area contributed by atoms with Crippen molar-refractivity contribution in [1.82, 2.24) is 0 Å². The van der Waals surface area contributed by atoms with Crippen LogP contribution in [0, 0.1) is 0 Å². The molecule has 0 atom stereocenters. The third-order valence-corrected chi connectivity index (χ3v) is 1.19. The van der Waals surface area contributed by atoms with Gasteiger partial charge in [-0.05, 0) is 11.1 Å². The van der Waals surface area contributed by atoms with Gasteiger partial charge in [0, 0.05) is 6.08 Å². The average Bonchev–Trinajstić information content (AvgIpc) is 2.15. The smallest absolute Gasteiger partial charge is 0.200 e. The van der Waals surface area contributed by atoms with Crippen molar-refractivity contribution in [2.24, 2.45) is 4.99 Å². The van der Waals surface area contributed by atoms with E-state index in [0.29, 0.717) is 0 Å². The van der Waals surface area contributed by atoms with Gasteiger partial charge < -0.3 is 0 Å². The zero-order chi connectivity index (χ0) is 5.40. The molecule has 2 nitrogen and oxygen atoms in total. The summed E-state index contributed by atoms with van der Waals surface area (Å²) in [5, 5.41) is 0. The van der Waals surface area contributed by atoms with Gasteiger partial charge in [-0.2, -0.15) is 4.58 Å². The van der Waals surface area contributed by atoms with Crippen molar-refractivity contribution >= 4 is 12.1 Å². The quantitative estimate of drug-likeness (QED) is 0.399. The highest BCUT2D eigenvalue weighted by molar-refractivity contribution is 5.98. The van der Waals surface area contributed by atoms with Gasteiger partial charge in [0.25, 0.3) is 0 Å². The molecule has 0 spiro atoms. The highest BCUT2D eigenvalue weighted by atomic mass is 15.1. The number of aliphatic imine (C=N–C) groups is 1. The van der Waals surface area contributed by atoms with Gasteiger partial charge >= 0.3 is 5.84 Å². The summed E-state index contributed by atoms with van der Waals surface area (Å²) in [5.41, 5.74) is 0. The van der Waals surface area contributed by atoms with Crippen LogP contribution in [0.15, 0.2) is 29.5 Å². The zero-order valence-corrected chi connectivity index (χ0v) is 4.28. The van der Waals surface area contributed by atoms with Gasteiger partial charge in [-0.3, -0.25) is 0 Å². The Labute approximate surface area is 47.2 Å². The number of rotatable bonds is 0. The summed E-state index contributed by atoms with van der Waals surface area (Å²) in [6, 6.07) is 0. The van der Waals surface area contributed by atoms with Gasteiger partial charge in [0.1, 0.15) is 6.20 Å². The maximum absolute atomic E-state index is 4.04. The van der Waals surface area contributed by atoms with E-state index in [2.05, 4.69) is 4.99 Å². The fraction of sp³-hybridized carbons (Fsp3) is 0. The first-order chi connectivity index (χ1) is 3.97. The van der Waals surface area contributed by atoms with Gasteiger partial charge in [-0.25, -0.2) is 0 Å². The second kappa shape index (κ2) is 1.15. The molecule has 2 aliphatic rings. The standard InChI is InChI=1S/C6H5N2/c1-2-6-7-3-5-8(6)4-1/h1-5H/q+1. The molecule has 8 heavy (non-hydrogen) atoms. The maximum atomic E-state index is 4.04. The third-order valence-electron chi connectivity index (χ3n) is 1.19. The van der Waals surface area contributed by atoms with E-state index in [9.17, 15) is 0 Å². The van der Waals surface area contributed by atoms with Gasteiger partial charge in [0.2, 0.25) is 0 Å². The lowest BCUT2D eigenvalue weighted by Crippen LogP contribution is -2.03. The van der Waals surface area contributed by atoms with E-state index < -0.39 is 0 Å². The Kier molecular flexibility index (Phi) is 0.545. The van der Waals surface area contributed by atoms with Crippen molar-refractivity contribution in [3.63, 3.8) is 0 Å². The molecular formula is C6H5N2+. The molecule has 2 heteroatoms. The average molecular weight is 105 g/mol. The predicted molar refractivity (Wildman–Crippen MR) is 32.0 cm³/mol. The molecule has 0 saturated heterocycles. The summed E-state index contributed by atoms with van der Waals surface area (Å²) in [4.78, 5) is 4.04. The highest BCUT2D eigenvalue weighted by Gasteiger charge is 2.15. The molecule has 0 aromatic carbocycles. The molecule has 2 aliphatic heterocycles. The molecule has 0 N–H and O–H groups in total. The van der Waals surface area contributed by atoms with Crippen molar-refractivity contribution in [3.8, 4) is 0 Å². The second-order valence-electron chi connectivity index (χ2n) is 1.70. The number of hydrogen-bond acceptors (Lipinski definition) is 1. The van der Waals surface area contributed by atoms with Crippen LogP contribution < -0.4 is 0 Å². The van der Waals surface area contributed by atoms with E-state index in [-0.39, 0.29) is 0 Å². The minimum atomic E-state index is 1.02. The lowest BCUT2D eigenvalue weighted by molar-refractivity contribution is -0.308. The fourth-order valence-corrected chi connectivity index (χ4v) is 0.802. The second-order valence-corrected chi connectivity index (χ2v) is 1.70. The minimum Gasteiger partial charge on any atom is -0.200 e. The maximum Gasteiger partial charge on any atom is 0.327 e. The molecule has 38 valence electrons. The molecule has 0 amide bonds. The SMILES string of the molecule is C1=CC2=NC=C[N+]2=C1. The van der Waals surface area contributed by atoms with Crippen LogP contribution in [0.1, 0.15) is 0 Å². The Morgan fingerprint density at radius 2 is 2.50 bits per heavy atom. The normalized spacial score (nSPS) is 21.0. The first-order valence-electron chi connectivity index (χ1n) is 2.51. The molecule has 0 radical (unpaired) electrons. The molecule has 2 rings (SSSR count). The van der Waals surface area contributed by atoms with Crippen molar-refractivity contribution in [3.05, 3.63) is 24.6 Å². The van der Waals surface area contributed by atoms with Crippen LogP contribution in [-0.4, -0.2) is 16.6 Å². The lowest BCUT2D eigenvalue weighted by Gasteiger charge is -1.78. The van der Waals surface area contributed by atoms with Crippen molar-refractivity contribution in [2.45, 2.75) is 0 Å². The Hall–Kier alpha value is -1.18. The summed E-state index contributed by atoms with van der Waals surface area (Å²) in [6.45, 7) is 0. The van der Waals surface area contributed by atoms with Crippen LogP contribution in [0.3, 0.4) is 0 Å². The van der Waals surface area contributed by atoms with Crippen LogP contribution in [0.2, 0.25) is 0 Å². The summed E-state index contributed by atoms with van der Waals surface area (Å²) < 4.78 is 1.97.